The van der Waals surface area contributed by atoms with E-state index in [1.165, 1.54) is 11.8 Å². The number of allylic oxidation sites excluding steroid dienone is 1. The van der Waals surface area contributed by atoms with Crippen LogP contribution in [0.3, 0.4) is 0 Å². The number of thioether (sulfide) groups is 1. The van der Waals surface area contributed by atoms with E-state index in [0.29, 0.717) is 32.9 Å². The van der Waals surface area contributed by atoms with Crippen LogP contribution in [0.4, 0.5) is 0 Å². The summed E-state index contributed by atoms with van der Waals surface area (Å²) in [6.45, 7) is 1.94. The van der Waals surface area contributed by atoms with Crippen LogP contribution in [-0.2, 0) is 9.53 Å². The lowest BCUT2D eigenvalue weighted by atomic mass is 9.96. The third kappa shape index (κ3) is 4.16. The molecule has 2 aliphatic heterocycles. The Morgan fingerprint density at radius 2 is 1.91 bits per heavy atom. The summed E-state index contributed by atoms with van der Waals surface area (Å²) < 4.78 is 12.7. The van der Waals surface area contributed by atoms with E-state index >= 15 is 0 Å². The van der Waals surface area contributed by atoms with Gasteiger partial charge in [0.25, 0.3) is 0 Å². The molecule has 0 saturated carbocycles. The second-order valence-electron chi connectivity index (χ2n) is 7.65. The number of aliphatic imine (C=N–C) groups is 1. The summed E-state index contributed by atoms with van der Waals surface area (Å²) in [5, 5.41) is 10.1. The summed E-state index contributed by atoms with van der Waals surface area (Å²) in [6.07, 6.45) is 0. The van der Waals surface area contributed by atoms with Crippen molar-refractivity contribution in [2.24, 2.45) is 10.7 Å². The number of esters is 1. The molecule has 7 nitrogen and oxygen atoms in total. The van der Waals surface area contributed by atoms with Gasteiger partial charge >= 0.3 is 5.97 Å². The number of carbonyl (C=O) groups is 1. The molecule has 35 heavy (non-hydrogen) atoms. The van der Waals surface area contributed by atoms with Crippen LogP contribution >= 0.6 is 27.7 Å². The van der Waals surface area contributed by atoms with Gasteiger partial charge in [-0.3, -0.25) is 4.90 Å². The van der Waals surface area contributed by atoms with Crippen LogP contribution in [0, 0.1) is 11.3 Å². The Morgan fingerprint density at radius 1 is 1.17 bits per heavy atom. The lowest BCUT2D eigenvalue weighted by Gasteiger charge is -2.33. The minimum atomic E-state index is -0.765. The van der Waals surface area contributed by atoms with Crippen LogP contribution in [0.15, 0.2) is 96.9 Å². The van der Waals surface area contributed by atoms with E-state index in [1.807, 2.05) is 66.7 Å². The number of fused-ring (bicyclic) bond motifs is 1. The fourth-order valence-corrected chi connectivity index (χ4v) is 5.13. The molecule has 1 atom stereocenters. The fraction of sp³-hybridized carbons (Fsp3) is 0.115. The number of ether oxygens (including phenoxy) is 1. The number of benzene rings is 2. The number of carbonyl (C=O) groups excluding carboxylic acids is 1. The van der Waals surface area contributed by atoms with E-state index in [0.717, 1.165) is 15.6 Å². The number of halogens is 1. The number of hydrogen-bond donors (Lipinski definition) is 1. The predicted molar refractivity (Wildman–Crippen MR) is 138 cm³/mol. The van der Waals surface area contributed by atoms with Crippen molar-refractivity contribution in [1.82, 2.24) is 4.90 Å². The van der Waals surface area contributed by atoms with E-state index in [-0.39, 0.29) is 12.4 Å². The summed E-state index contributed by atoms with van der Waals surface area (Å²) >= 11 is 4.61. The van der Waals surface area contributed by atoms with Gasteiger partial charge in [-0.1, -0.05) is 58.4 Å². The molecule has 0 bridgehead atoms. The molecule has 0 unspecified atom stereocenters. The Kier molecular flexibility index (Phi) is 6.24. The molecule has 0 amide bonds. The molecular weight excluding hydrogens is 528 g/mol. The highest BCUT2D eigenvalue weighted by atomic mass is 79.9. The highest BCUT2D eigenvalue weighted by Crippen LogP contribution is 2.48. The molecule has 0 saturated heterocycles. The highest BCUT2D eigenvalue weighted by molar-refractivity contribution is 9.10. The molecular formula is C26H19BrN4O3S. The zero-order chi connectivity index (χ0) is 24.5. The summed E-state index contributed by atoms with van der Waals surface area (Å²) in [5.74, 6) is 0.811. The Labute approximate surface area is 214 Å². The van der Waals surface area contributed by atoms with Gasteiger partial charge in [0.2, 0.25) is 0 Å². The van der Waals surface area contributed by atoms with Crippen molar-refractivity contribution in [2.45, 2.75) is 13.0 Å². The largest absolute Gasteiger partial charge is 0.463 e. The number of furan rings is 1. The maximum absolute atomic E-state index is 13.4. The van der Waals surface area contributed by atoms with Crippen molar-refractivity contribution in [3.8, 4) is 17.4 Å². The van der Waals surface area contributed by atoms with Crippen molar-refractivity contribution in [3.63, 3.8) is 0 Å². The van der Waals surface area contributed by atoms with Crippen LogP contribution in [0.2, 0.25) is 0 Å². The third-order valence-electron chi connectivity index (χ3n) is 5.55. The first kappa shape index (κ1) is 23.0. The normalized spacial score (nSPS) is 17.2. The summed E-state index contributed by atoms with van der Waals surface area (Å²) in [5.41, 5.74) is 8.77. The number of hydrogen-bond acceptors (Lipinski definition) is 8. The smallest absolute Gasteiger partial charge is 0.338 e. The number of rotatable bonds is 5. The first-order valence-corrected chi connectivity index (χ1v) is 12.4. The van der Waals surface area contributed by atoms with Gasteiger partial charge in [-0.25, -0.2) is 9.79 Å². The first-order valence-electron chi connectivity index (χ1n) is 10.8. The minimum Gasteiger partial charge on any atom is -0.463 e. The molecule has 5 rings (SSSR count). The van der Waals surface area contributed by atoms with Gasteiger partial charge in [0.05, 0.1) is 17.9 Å². The molecule has 1 aromatic heterocycles. The molecule has 3 aromatic rings. The number of nitrogens with two attached hydrogens (primary N) is 1. The van der Waals surface area contributed by atoms with Crippen LogP contribution in [-0.4, -0.2) is 22.6 Å². The second kappa shape index (κ2) is 9.49. The van der Waals surface area contributed by atoms with Crippen LogP contribution in [0.25, 0.3) is 17.0 Å². The van der Waals surface area contributed by atoms with Gasteiger partial charge in [0.15, 0.2) is 5.17 Å². The van der Waals surface area contributed by atoms with Gasteiger partial charge in [0.1, 0.15) is 34.4 Å². The topological polar surface area (TPSA) is 105 Å². The maximum Gasteiger partial charge on any atom is 0.338 e. The van der Waals surface area contributed by atoms with Crippen LogP contribution in [0.5, 0.6) is 0 Å². The SMILES string of the molecule is CCOC(=O)C1=C(c2ccccc2)N=C2SC(C#N)=C(N)N2[C@@H]1c1ccc(-c2ccc(Br)cc2)o1. The average molecular weight is 547 g/mol. The van der Waals surface area contributed by atoms with Gasteiger partial charge in [-0.15, -0.1) is 0 Å². The van der Waals surface area contributed by atoms with Gasteiger partial charge in [0, 0.05) is 15.6 Å². The molecule has 9 heteroatoms. The predicted octanol–water partition coefficient (Wildman–Crippen LogP) is 5.79. The van der Waals surface area contributed by atoms with E-state index in [2.05, 4.69) is 22.0 Å². The quantitative estimate of drug-likeness (QED) is 0.403. The standard InChI is InChI=1S/C26H19BrN4O3S/c1-2-33-25(32)21-22(16-6-4-3-5-7-16)30-26-31(24(29)20(14-28)35-26)23(21)19-13-12-18(34-19)15-8-10-17(27)11-9-15/h3-13,23H,2,29H2,1H3/t23-/m1/s1. The summed E-state index contributed by atoms with van der Waals surface area (Å²) in [7, 11) is 0. The minimum absolute atomic E-state index is 0.194. The van der Waals surface area contributed by atoms with E-state index in [1.54, 1.807) is 11.8 Å². The monoisotopic (exact) mass is 546 g/mol. The number of nitriles is 1. The molecule has 0 aliphatic carbocycles. The summed E-state index contributed by atoms with van der Waals surface area (Å²) in [4.78, 5) is 20.1. The van der Waals surface area contributed by atoms with E-state index < -0.39 is 12.0 Å². The molecule has 174 valence electrons. The van der Waals surface area contributed by atoms with Crippen LogP contribution in [0.1, 0.15) is 24.3 Å². The van der Waals surface area contributed by atoms with Crippen molar-refractivity contribution in [2.75, 3.05) is 6.61 Å². The molecule has 2 aliphatic rings. The van der Waals surface area contributed by atoms with Crippen molar-refractivity contribution >= 4 is 44.5 Å². The van der Waals surface area contributed by atoms with Crippen molar-refractivity contribution < 1.29 is 13.9 Å². The average Bonchev–Trinajstić information content (AvgIpc) is 3.49. The highest BCUT2D eigenvalue weighted by Gasteiger charge is 2.45. The molecule has 2 aromatic carbocycles. The number of nitrogens with zero attached hydrogens (tertiary/aromatic N) is 3. The molecule has 2 N–H and O–H groups in total. The zero-order valence-electron chi connectivity index (χ0n) is 18.6. The fourth-order valence-electron chi connectivity index (χ4n) is 4.00. The Hall–Kier alpha value is -3.74. The van der Waals surface area contributed by atoms with Crippen molar-refractivity contribution in [1.29, 1.82) is 5.26 Å². The molecule has 0 radical (unpaired) electrons. The van der Waals surface area contributed by atoms with Gasteiger partial charge < -0.3 is 14.9 Å². The Morgan fingerprint density at radius 3 is 2.60 bits per heavy atom. The van der Waals surface area contributed by atoms with Crippen molar-refractivity contribution in [3.05, 3.63) is 98.8 Å². The van der Waals surface area contributed by atoms with Gasteiger partial charge in [-0.2, -0.15) is 5.26 Å². The van der Waals surface area contributed by atoms with E-state index in [4.69, 9.17) is 19.9 Å². The Balaban J connectivity index is 1.71. The lowest BCUT2D eigenvalue weighted by molar-refractivity contribution is -0.139. The summed E-state index contributed by atoms with van der Waals surface area (Å²) in [6, 6.07) is 22.2. The van der Waals surface area contributed by atoms with E-state index in [9.17, 15) is 10.1 Å². The Bertz CT molecular complexity index is 1440. The van der Waals surface area contributed by atoms with Crippen LogP contribution < -0.4 is 5.73 Å². The first-order chi connectivity index (χ1) is 17.0. The maximum atomic E-state index is 13.4. The lowest BCUT2D eigenvalue weighted by Crippen LogP contribution is -2.38. The zero-order valence-corrected chi connectivity index (χ0v) is 21.0. The number of amidine groups is 1. The second-order valence-corrected chi connectivity index (χ2v) is 9.55. The molecule has 0 fully saturated rings. The third-order valence-corrected chi connectivity index (χ3v) is 7.06. The van der Waals surface area contributed by atoms with Gasteiger partial charge in [-0.05, 0) is 43.0 Å². The molecule has 0 spiro atoms. The molecule has 3 heterocycles.